The van der Waals surface area contributed by atoms with Crippen molar-refractivity contribution in [3.63, 3.8) is 0 Å². The quantitative estimate of drug-likeness (QED) is 0.648. The molecule has 0 aliphatic rings. The third-order valence-corrected chi connectivity index (χ3v) is 4.70. The molecule has 18 heavy (non-hydrogen) atoms. The van der Waals surface area contributed by atoms with Crippen LogP contribution in [0.5, 0.6) is 0 Å². The van der Waals surface area contributed by atoms with Gasteiger partial charge in [-0.2, -0.15) is 0 Å². The molecule has 4 heteroatoms. The van der Waals surface area contributed by atoms with Crippen LogP contribution in [0.2, 0.25) is 5.02 Å². The molecule has 1 aromatic heterocycles. The monoisotopic (exact) mass is 391 g/mol. The molecule has 2 rings (SSSR count). The Bertz CT molecular complexity index is 511. The molecule has 0 amide bonds. The minimum absolute atomic E-state index is 0.308. The maximum Gasteiger partial charge on any atom is 0.0648 e. The van der Waals surface area contributed by atoms with Crippen molar-refractivity contribution in [2.45, 2.75) is 19.9 Å². The SMILES string of the molecule is CC(C)C(Nc1ccc(I)cc1Cl)c1cccs1. The average molecular weight is 392 g/mol. The van der Waals surface area contributed by atoms with Crippen LogP contribution in [0.4, 0.5) is 5.69 Å². The van der Waals surface area contributed by atoms with E-state index in [2.05, 4.69) is 65.3 Å². The summed E-state index contributed by atoms with van der Waals surface area (Å²) in [6, 6.07) is 10.7. The Morgan fingerprint density at radius 2 is 2.06 bits per heavy atom. The summed E-state index contributed by atoms with van der Waals surface area (Å²) in [5.41, 5.74) is 1.00. The predicted octanol–water partition coefficient (Wildman–Crippen LogP) is 5.82. The number of hydrogen-bond acceptors (Lipinski definition) is 2. The van der Waals surface area contributed by atoms with Crippen molar-refractivity contribution >= 4 is 51.2 Å². The van der Waals surface area contributed by atoms with E-state index in [1.807, 2.05) is 12.1 Å². The zero-order valence-electron chi connectivity index (χ0n) is 10.3. The number of thiophene rings is 1. The van der Waals surface area contributed by atoms with Crippen LogP contribution in [0.15, 0.2) is 35.7 Å². The van der Waals surface area contributed by atoms with Gasteiger partial charge in [0.05, 0.1) is 16.8 Å². The zero-order valence-corrected chi connectivity index (χ0v) is 14.0. The molecule has 0 saturated heterocycles. The molecule has 0 aliphatic heterocycles. The van der Waals surface area contributed by atoms with Gasteiger partial charge in [-0.1, -0.05) is 31.5 Å². The minimum atomic E-state index is 0.308. The van der Waals surface area contributed by atoms with Gasteiger partial charge in [-0.3, -0.25) is 0 Å². The standard InChI is InChI=1S/C14H15ClINS/c1-9(2)14(13-4-3-7-18-13)17-12-6-5-10(16)8-11(12)15/h3-9,14,17H,1-2H3. The fourth-order valence-corrected chi connectivity index (χ4v) is 3.67. The molecule has 0 spiro atoms. The van der Waals surface area contributed by atoms with Crippen molar-refractivity contribution in [2.24, 2.45) is 5.92 Å². The molecule has 2 aromatic rings. The first-order valence-corrected chi connectivity index (χ1v) is 8.16. The van der Waals surface area contributed by atoms with Crippen molar-refractivity contribution < 1.29 is 0 Å². The molecule has 0 radical (unpaired) electrons. The summed E-state index contributed by atoms with van der Waals surface area (Å²) in [4.78, 5) is 1.35. The van der Waals surface area contributed by atoms with E-state index < -0.39 is 0 Å². The summed E-state index contributed by atoms with van der Waals surface area (Å²) in [7, 11) is 0. The Morgan fingerprint density at radius 1 is 1.28 bits per heavy atom. The molecule has 0 fully saturated rings. The van der Waals surface area contributed by atoms with Gasteiger partial charge in [0.1, 0.15) is 0 Å². The van der Waals surface area contributed by atoms with Crippen molar-refractivity contribution in [1.29, 1.82) is 0 Å². The molecule has 96 valence electrons. The van der Waals surface area contributed by atoms with Crippen molar-refractivity contribution in [1.82, 2.24) is 0 Å². The largest absolute Gasteiger partial charge is 0.376 e. The molecule has 1 unspecified atom stereocenters. The van der Waals surface area contributed by atoms with Crippen LogP contribution in [-0.4, -0.2) is 0 Å². The van der Waals surface area contributed by atoms with E-state index >= 15 is 0 Å². The molecule has 1 atom stereocenters. The average Bonchev–Trinajstić information content (AvgIpc) is 2.80. The van der Waals surface area contributed by atoms with Gasteiger partial charge in [-0.25, -0.2) is 0 Å². The van der Waals surface area contributed by atoms with Crippen molar-refractivity contribution in [2.75, 3.05) is 5.32 Å². The highest BCUT2D eigenvalue weighted by Crippen LogP contribution is 2.33. The third-order valence-electron chi connectivity index (χ3n) is 2.76. The Labute approximate surface area is 131 Å². The summed E-state index contributed by atoms with van der Waals surface area (Å²) in [6.07, 6.45) is 0. The zero-order chi connectivity index (χ0) is 13.1. The second-order valence-corrected chi connectivity index (χ2v) is 7.14. The maximum absolute atomic E-state index is 6.28. The predicted molar refractivity (Wildman–Crippen MR) is 89.7 cm³/mol. The van der Waals surface area contributed by atoms with Gasteiger partial charge >= 0.3 is 0 Å². The van der Waals surface area contributed by atoms with Crippen molar-refractivity contribution in [3.8, 4) is 0 Å². The van der Waals surface area contributed by atoms with Gasteiger partial charge in [-0.15, -0.1) is 11.3 Å². The lowest BCUT2D eigenvalue weighted by atomic mass is 10.0. The highest BCUT2D eigenvalue weighted by atomic mass is 127. The molecule has 0 bridgehead atoms. The summed E-state index contributed by atoms with van der Waals surface area (Å²) >= 11 is 10.3. The van der Waals surface area contributed by atoms with E-state index in [0.29, 0.717) is 12.0 Å². The van der Waals surface area contributed by atoms with E-state index in [1.165, 1.54) is 4.88 Å². The van der Waals surface area contributed by atoms with Crippen LogP contribution in [-0.2, 0) is 0 Å². The lowest BCUT2D eigenvalue weighted by molar-refractivity contribution is 0.554. The summed E-state index contributed by atoms with van der Waals surface area (Å²) in [5.74, 6) is 0.513. The first kappa shape index (κ1) is 14.2. The smallest absolute Gasteiger partial charge is 0.0648 e. The van der Waals surface area contributed by atoms with Crippen LogP contribution >= 0.6 is 45.5 Å². The summed E-state index contributed by atoms with van der Waals surface area (Å²) in [5, 5.41) is 6.45. The first-order chi connectivity index (χ1) is 8.58. The molecule has 1 aromatic carbocycles. The normalized spacial score (nSPS) is 12.7. The van der Waals surface area contributed by atoms with Gasteiger partial charge < -0.3 is 5.32 Å². The lowest BCUT2D eigenvalue weighted by Gasteiger charge is -2.23. The van der Waals surface area contributed by atoms with Gasteiger partial charge in [0.25, 0.3) is 0 Å². The molecular formula is C14H15ClINS. The Morgan fingerprint density at radius 3 is 2.61 bits per heavy atom. The highest BCUT2D eigenvalue weighted by Gasteiger charge is 2.17. The molecule has 1 heterocycles. The minimum Gasteiger partial charge on any atom is -0.376 e. The van der Waals surface area contributed by atoms with Crippen LogP contribution < -0.4 is 5.32 Å². The van der Waals surface area contributed by atoms with Gasteiger partial charge in [0.15, 0.2) is 0 Å². The van der Waals surface area contributed by atoms with Gasteiger partial charge in [-0.05, 0) is 58.2 Å². The fraction of sp³-hybridized carbons (Fsp3) is 0.286. The topological polar surface area (TPSA) is 12.0 Å². The maximum atomic E-state index is 6.28. The Hall–Kier alpha value is -0.260. The fourth-order valence-electron chi connectivity index (χ4n) is 1.81. The van der Waals surface area contributed by atoms with Gasteiger partial charge in [0.2, 0.25) is 0 Å². The van der Waals surface area contributed by atoms with E-state index in [-0.39, 0.29) is 0 Å². The summed E-state index contributed by atoms with van der Waals surface area (Å²) < 4.78 is 1.15. The molecule has 1 nitrogen and oxygen atoms in total. The van der Waals surface area contributed by atoms with Gasteiger partial charge in [0, 0.05) is 8.45 Å². The molecular weight excluding hydrogens is 377 g/mol. The Balaban J connectivity index is 2.24. The number of benzene rings is 1. The van der Waals surface area contributed by atoms with Crippen LogP contribution in [0, 0.1) is 9.49 Å². The van der Waals surface area contributed by atoms with Crippen LogP contribution in [0.25, 0.3) is 0 Å². The molecule has 0 aliphatic carbocycles. The summed E-state index contributed by atoms with van der Waals surface area (Å²) in [6.45, 7) is 4.44. The third kappa shape index (κ3) is 3.39. The molecule has 0 saturated carbocycles. The highest BCUT2D eigenvalue weighted by molar-refractivity contribution is 14.1. The van der Waals surface area contributed by atoms with E-state index in [4.69, 9.17) is 11.6 Å². The number of hydrogen-bond donors (Lipinski definition) is 1. The molecule has 1 N–H and O–H groups in total. The number of nitrogens with one attached hydrogen (secondary N) is 1. The second-order valence-electron chi connectivity index (χ2n) is 4.51. The second kappa shape index (κ2) is 6.26. The first-order valence-electron chi connectivity index (χ1n) is 5.83. The van der Waals surface area contributed by atoms with Crippen LogP contribution in [0.1, 0.15) is 24.8 Å². The van der Waals surface area contributed by atoms with E-state index in [9.17, 15) is 0 Å². The lowest BCUT2D eigenvalue weighted by Crippen LogP contribution is -2.15. The van der Waals surface area contributed by atoms with Crippen LogP contribution in [0.3, 0.4) is 0 Å². The van der Waals surface area contributed by atoms with E-state index in [1.54, 1.807) is 11.3 Å². The van der Waals surface area contributed by atoms with E-state index in [0.717, 1.165) is 14.3 Å². The number of rotatable bonds is 4. The number of anilines is 1. The Kier molecular flexibility index (Phi) is 4.92. The van der Waals surface area contributed by atoms with Crippen molar-refractivity contribution in [3.05, 3.63) is 49.2 Å². The number of halogens is 2.